The van der Waals surface area contributed by atoms with Crippen LogP contribution in [0.15, 0.2) is 30.3 Å². The van der Waals surface area contributed by atoms with Gasteiger partial charge in [-0.25, -0.2) is 10.9 Å². The van der Waals surface area contributed by atoms with Crippen LogP contribution < -0.4 is 15.6 Å². The molecule has 8 heteroatoms. The summed E-state index contributed by atoms with van der Waals surface area (Å²) >= 11 is 0. The van der Waals surface area contributed by atoms with E-state index in [4.69, 9.17) is 10.6 Å². The molecular formula is C22H24N4O4. The number of rotatable bonds is 4. The van der Waals surface area contributed by atoms with Crippen molar-refractivity contribution < 1.29 is 19.1 Å². The van der Waals surface area contributed by atoms with E-state index >= 15 is 0 Å². The van der Waals surface area contributed by atoms with Gasteiger partial charge in [0, 0.05) is 36.5 Å². The zero-order chi connectivity index (χ0) is 21.0. The van der Waals surface area contributed by atoms with E-state index < -0.39 is 17.9 Å². The maximum absolute atomic E-state index is 13.3. The molecule has 0 bridgehead atoms. The number of carbonyl (C=O) groups is 3. The summed E-state index contributed by atoms with van der Waals surface area (Å²) in [5.41, 5.74) is 2.37. The molecule has 5 rings (SSSR count). The molecule has 2 N–H and O–H groups in total. The predicted octanol–water partition coefficient (Wildman–Crippen LogP) is 1.81. The Bertz CT molecular complexity index is 1070. The molecule has 1 unspecified atom stereocenters. The lowest BCUT2D eigenvalue weighted by molar-refractivity contribution is -0.149. The van der Waals surface area contributed by atoms with Crippen LogP contribution in [0.3, 0.4) is 0 Å². The standard InChI is InChI=1S/C22H24N4O4/c1-30-12-13-4-3-11-24(13)16-8-7-15-20-14(16)5-2-6-17(20)25(21(15)28)18-9-10-19(27)26(23)22(18)29/h2,5-8,13,18H,3-4,9-12,23H2,1H3/t13-,18?/m1/s1. The first kappa shape index (κ1) is 19.0. The van der Waals surface area contributed by atoms with E-state index in [-0.39, 0.29) is 18.7 Å². The van der Waals surface area contributed by atoms with E-state index in [2.05, 4.69) is 4.90 Å². The molecule has 0 saturated carbocycles. The van der Waals surface area contributed by atoms with Crippen LogP contribution in [-0.4, -0.2) is 55.1 Å². The van der Waals surface area contributed by atoms with Gasteiger partial charge in [-0.3, -0.25) is 19.3 Å². The fourth-order valence-electron chi connectivity index (χ4n) is 5.10. The number of nitrogens with zero attached hydrogens (tertiary/aromatic N) is 3. The second-order valence-electron chi connectivity index (χ2n) is 8.11. The van der Waals surface area contributed by atoms with Crippen molar-refractivity contribution in [1.29, 1.82) is 0 Å². The molecule has 2 aromatic carbocycles. The van der Waals surface area contributed by atoms with E-state index in [1.807, 2.05) is 30.3 Å². The van der Waals surface area contributed by atoms with Crippen LogP contribution in [0.2, 0.25) is 0 Å². The summed E-state index contributed by atoms with van der Waals surface area (Å²) in [6.45, 7) is 1.60. The lowest BCUT2D eigenvalue weighted by atomic mass is 10.0. The largest absolute Gasteiger partial charge is 0.383 e. The molecule has 2 aromatic rings. The van der Waals surface area contributed by atoms with Crippen LogP contribution in [0.5, 0.6) is 0 Å². The molecule has 3 amide bonds. The van der Waals surface area contributed by atoms with Gasteiger partial charge in [-0.05, 0) is 37.5 Å². The summed E-state index contributed by atoms with van der Waals surface area (Å²) in [6.07, 6.45) is 2.58. The van der Waals surface area contributed by atoms with Crippen molar-refractivity contribution in [2.75, 3.05) is 30.1 Å². The van der Waals surface area contributed by atoms with Gasteiger partial charge in [0.2, 0.25) is 5.91 Å². The first-order chi connectivity index (χ1) is 14.5. The third-order valence-corrected chi connectivity index (χ3v) is 6.48. The zero-order valence-electron chi connectivity index (χ0n) is 16.8. The first-order valence-electron chi connectivity index (χ1n) is 10.3. The Morgan fingerprint density at radius 3 is 2.73 bits per heavy atom. The molecule has 3 heterocycles. The van der Waals surface area contributed by atoms with Crippen LogP contribution in [0.1, 0.15) is 36.0 Å². The number of piperidine rings is 1. The van der Waals surface area contributed by atoms with Gasteiger partial charge in [-0.15, -0.1) is 0 Å². The first-order valence-corrected chi connectivity index (χ1v) is 10.3. The van der Waals surface area contributed by atoms with Gasteiger partial charge in [0.15, 0.2) is 0 Å². The molecule has 2 atom stereocenters. The number of ether oxygens (including phenoxy) is 1. The minimum absolute atomic E-state index is 0.140. The second kappa shape index (κ2) is 7.07. The van der Waals surface area contributed by atoms with Crippen molar-refractivity contribution in [2.24, 2.45) is 5.84 Å². The molecule has 2 fully saturated rings. The molecule has 0 aliphatic carbocycles. The van der Waals surface area contributed by atoms with Crippen molar-refractivity contribution in [2.45, 2.75) is 37.8 Å². The van der Waals surface area contributed by atoms with Crippen molar-refractivity contribution in [3.05, 3.63) is 35.9 Å². The Morgan fingerprint density at radius 2 is 1.93 bits per heavy atom. The van der Waals surface area contributed by atoms with E-state index in [9.17, 15) is 14.4 Å². The molecule has 0 aromatic heterocycles. The summed E-state index contributed by atoms with van der Waals surface area (Å²) in [5.74, 6) is 4.48. The van der Waals surface area contributed by atoms with Crippen LogP contribution in [-0.2, 0) is 14.3 Å². The highest BCUT2D eigenvalue weighted by Gasteiger charge is 2.43. The fraction of sp³-hybridized carbons (Fsp3) is 0.409. The lowest BCUT2D eigenvalue weighted by Crippen LogP contribution is -2.58. The fourth-order valence-corrected chi connectivity index (χ4v) is 5.10. The number of imide groups is 1. The molecule has 8 nitrogen and oxygen atoms in total. The Morgan fingerprint density at radius 1 is 1.10 bits per heavy atom. The summed E-state index contributed by atoms with van der Waals surface area (Å²) in [5, 5.41) is 2.50. The molecule has 2 saturated heterocycles. The van der Waals surface area contributed by atoms with Gasteiger partial charge in [-0.1, -0.05) is 12.1 Å². The summed E-state index contributed by atoms with van der Waals surface area (Å²) in [7, 11) is 1.72. The normalized spacial score (nSPS) is 23.9. The number of hydrogen-bond acceptors (Lipinski definition) is 6. The maximum atomic E-state index is 13.3. The topological polar surface area (TPSA) is 96.2 Å². The van der Waals surface area contributed by atoms with Gasteiger partial charge < -0.3 is 9.64 Å². The van der Waals surface area contributed by atoms with Crippen molar-refractivity contribution >= 4 is 39.9 Å². The minimum Gasteiger partial charge on any atom is -0.383 e. The van der Waals surface area contributed by atoms with Gasteiger partial charge >= 0.3 is 0 Å². The summed E-state index contributed by atoms with van der Waals surface area (Å²) in [4.78, 5) is 41.7. The SMILES string of the molecule is COC[C@H]1CCCN1c1ccc2c3c(cccc13)N(C1CCC(=O)N(N)C1=O)C2=O. The predicted molar refractivity (Wildman–Crippen MR) is 112 cm³/mol. The average molecular weight is 408 g/mol. The number of hydrogen-bond donors (Lipinski definition) is 1. The molecule has 3 aliphatic heterocycles. The highest BCUT2D eigenvalue weighted by molar-refractivity contribution is 6.28. The van der Waals surface area contributed by atoms with Gasteiger partial charge in [0.25, 0.3) is 11.8 Å². The highest BCUT2D eigenvalue weighted by Crippen LogP contribution is 2.44. The van der Waals surface area contributed by atoms with Crippen molar-refractivity contribution in [3.63, 3.8) is 0 Å². The van der Waals surface area contributed by atoms with Gasteiger partial charge in [0.05, 0.1) is 23.9 Å². The van der Waals surface area contributed by atoms with Gasteiger partial charge in [-0.2, -0.15) is 0 Å². The number of amides is 3. The number of nitrogens with two attached hydrogens (primary N) is 1. The number of anilines is 2. The quantitative estimate of drug-likeness (QED) is 0.471. The second-order valence-corrected chi connectivity index (χ2v) is 8.11. The molecule has 156 valence electrons. The van der Waals surface area contributed by atoms with Crippen LogP contribution in [0.25, 0.3) is 10.8 Å². The Hall–Kier alpha value is -2.97. The van der Waals surface area contributed by atoms with Crippen molar-refractivity contribution in [3.8, 4) is 0 Å². The monoisotopic (exact) mass is 408 g/mol. The minimum atomic E-state index is -0.769. The number of methoxy groups -OCH3 is 1. The number of carbonyl (C=O) groups excluding carboxylic acids is 3. The van der Waals surface area contributed by atoms with Crippen LogP contribution >= 0.6 is 0 Å². The van der Waals surface area contributed by atoms with Crippen molar-refractivity contribution in [1.82, 2.24) is 5.01 Å². The van der Waals surface area contributed by atoms with E-state index in [0.717, 1.165) is 35.8 Å². The third kappa shape index (κ3) is 2.64. The molecular weight excluding hydrogens is 384 g/mol. The summed E-state index contributed by atoms with van der Waals surface area (Å²) in [6, 6.07) is 9.19. The number of benzene rings is 2. The Kier molecular flexibility index (Phi) is 4.48. The molecule has 0 radical (unpaired) electrons. The van der Waals surface area contributed by atoms with Crippen LogP contribution in [0, 0.1) is 0 Å². The van der Waals surface area contributed by atoms with E-state index in [1.165, 1.54) is 4.90 Å². The average Bonchev–Trinajstić information content (AvgIpc) is 3.32. The Labute approximate surface area is 174 Å². The van der Waals surface area contributed by atoms with E-state index in [1.54, 1.807) is 7.11 Å². The van der Waals surface area contributed by atoms with Gasteiger partial charge in [0.1, 0.15) is 6.04 Å². The van der Waals surface area contributed by atoms with Crippen LogP contribution in [0.4, 0.5) is 11.4 Å². The highest BCUT2D eigenvalue weighted by atomic mass is 16.5. The molecule has 3 aliphatic rings. The van der Waals surface area contributed by atoms with E-state index in [0.29, 0.717) is 28.9 Å². The maximum Gasteiger partial charge on any atom is 0.266 e. The summed E-state index contributed by atoms with van der Waals surface area (Å²) < 4.78 is 5.41. The third-order valence-electron chi connectivity index (χ3n) is 6.48. The Balaban J connectivity index is 1.60. The zero-order valence-corrected chi connectivity index (χ0v) is 16.8. The molecule has 30 heavy (non-hydrogen) atoms. The lowest BCUT2D eigenvalue weighted by Gasteiger charge is -2.33. The smallest absolute Gasteiger partial charge is 0.266 e. The molecule has 0 spiro atoms. The number of hydrazine groups is 1.